The molecule has 0 atom stereocenters. The molecule has 1 N–H and O–H groups in total. The van der Waals surface area contributed by atoms with Gasteiger partial charge in [-0.3, -0.25) is 19.0 Å². The van der Waals surface area contributed by atoms with E-state index in [0.717, 1.165) is 18.8 Å². The van der Waals surface area contributed by atoms with E-state index in [4.69, 9.17) is 0 Å². The van der Waals surface area contributed by atoms with Crippen LogP contribution >= 0.6 is 11.3 Å². The van der Waals surface area contributed by atoms with Crippen molar-refractivity contribution in [3.05, 3.63) is 57.5 Å². The Morgan fingerprint density at radius 2 is 1.76 bits per heavy atom. The van der Waals surface area contributed by atoms with E-state index in [0.29, 0.717) is 33.7 Å². The highest BCUT2D eigenvalue weighted by molar-refractivity contribution is 7.20. The van der Waals surface area contributed by atoms with Gasteiger partial charge in [-0.05, 0) is 45.4 Å². The summed E-state index contributed by atoms with van der Waals surface area (Å²) in [4.78, 5) is 48.2. The third kappa shape index (κ3) is 4.93. The highest BCUT2D eigenvalue weighted by Gasteiger charge is 2.27. The second-order valence-electron chi connectivity index (χ2n) is 9.33. The maximum Gasteiger partial charge on any atom is 0.264 e. The molecule has 1 fully saturated rings. The number of carbonyl (C=O) groups is 2. The smallest absolute Gasteiger partial charge is 0.264 e. The lowest BCUT2D eigenvalue weighted by molar-refractivity contribution is -0.123. The summed E-state index contributed by atoms with van der Waals surface area (Å²) < 4.78 is 1.30. The summed E-state index contributed by atoms with van der Waals surface area (Å²) >= 11 is 1.24. The lowest BCUT2D eigenvalue weighted by atomic mass is 10.1. The van der Waals surface area contributed by atoms with E-state index in [1.165, 1.54) is 22.2 Å². The van der Waals surface area contributed by atoms with Crippen molar-refractivity contribution in [1.29, 1.82) is 0 Å². The third-order valence-electron chi connectivity index (χ3n) is 5.63. The maximum absolute atomic E-state index is 13.3. The second-order valence-corrected chi connectivity index (χ2v) is 10.3. The van der Waals surface area contributed by atoms with Crippen LogP contribution in [-0.4, -0.2) is 58.0 Å². The Bertz CT molecular complexity index is 1230. The lowest BCUT2D eigenvalue weighted by Crippen LogP contribution is -2.48. The first-order chi connectivity index (χ1) is 15.6. The Morgan fingerprint density at radius 1 is 1.09 bits per heavy atom. The summed E-state index contributed by atoms with van der Waals surface area (Å²) in [6, 6.07) is 10.2. The Morgan fingerprint density at radius 3 is 2.39 bits per heavy atom. The number of nitrogens with zero attached hydrogens (tertiary/aromatic N) is 4. The van der Waals surface area contributed by atoms with Crippen LogP contribution in [0, 0.1) is 6.92 Å². The van der Waals surface area contributed by atoms with Crippen LogP contribution in [0.1, 0.15) is 36.0 Å². The first-order valence-corrected chi connectivity index (χ1v) is 11.8. The molecule has 4 rings (SSSR count). The normalized spacial score (nSPS) is 14.5. The van der Waals surface area contributed by atoms with Crippen LogP contribution in [0.25, 0.3) is 10.2 Å². The van der Waals surface area contributed by atoms with Crippen molar-refractivity contribution in [1.82, 2.24) is 19.8 Å². The Kier molecular flexibility index (Phi) is 6.25. The molecule has 174 valence electrons. The average molecular weight is 468 g/mol. The third-order valence-corrected chi connectivity index (χ3v) is 6.82. The van der Waals surface area contributed by atoms with Gasteiger partial charge in [0.25, 0.3) is 11.5 Å². The van der Waals surface area contributed by atoms with Gasteiger partial charge in [0.05, 0.1) is 16.6 Å². The molecule has 2 aromatic heterocycles. The number of hydrogen-bond acceptors (Lipinski definition) is 6. The summed E-state index contributed by atoms with van der Waals surface area (Å²) in [6.07, 6.45) is 1.38. The Hall–Kier alpha value is -3.20. The van der Waals surface area contributed by atoms with Crippen molar-refractivity contribution in [2.24, 2.45) is 0 Å². The number of para-hydroxylation sites is 1. The molecular weight excluding hydrogens is 438 g/mol. The molecule has 0 spiro atoms. The second kappa shape index (κ2) is 8.97. The van der Waals surface area contributed by atoms with Gasteiger partial charge in [0.1, 0.15) is 11.4 Å². The number of nitrogens with one attached hydrogen (secondary N) is 1. The first-order valence-electron chi connectivity index (χ1n) is 11.0. The molecule has 0 aliphatic carbocycles. The Balaban J connectivity index is 1.52. The molecule has 1 aromatic carbocycles. The van der Waals surface area contributed by atoms with Crippen LogP contribution in [0.2, 0.25) is 0 Å². The summed E-state index contributed by atoms with van der Waals surface area (Å²) in [6.45, 7) is 10.1. The molecule has 3 heterocycles. The van der Waals surface area contributed by atoms with E-state index in [2.05, 4.69) is 27.3 Å². The van der Waals surface area contributed by atoms with Crippen LogP contribution < -0.4 is 15.8 Å². The van der Waals surface area contributed by atoms with Crippen LogP contribution in [0.4, 0.5) is 5.69 Å². The van der Waals surface area contributed by atoms with Gasteiger partial charge in [0.15, 0.2) is 0 Å². The van der Waals surface area contributed by atoms with Gasteiger partial charge in [-0.2, -0.15) is 0 Å². The number of piperazine rings is 1. The number of hydrogen-bond donors (Lipinski definition) is 1. The van der Waals surface area contributed by atoms with Crippen LogP contribution in [0.15, 0.2) is 41.5 Å². The predicted octanol–water partition coefficient (Wildman–Crippen LogP) is 2.64. The van der Waals surface area contributed by atoms with E-state index >= 15 is 0 Å². The molecule has 1 aliphatic heterocycles. The molecule has 1 aliphatic rings. The van der Waals surface area contributed by atoms with E-state index < -0.39 is 0 Å². The van der Waals surface area contributed by atoms with Crippen molar-refractivity contribution in [3.63, 3.8) is 0 Å². The van der Waals surface area contributed by atoms with Gasteiger partial charge in [0, 0.05) is 37.4 Å². The number of carbonyl (C=O) groups excluding carboxylic acids is 2. The molecule has 1 saturated heterocycles. The molecule has 9 heteroatoms. The summed E-state index contributed by atoms with van der Waals surface area (Å²) in [5, 5.41) is 3.26. The molecule has 3 aromatic rings. The minimum absolute atomic E-state index is 0.0698. The largest absolute Gasteiger partial charge is 0.368 e. The number of aromatic nitrogens is 2. The fraction of sp³-hybridized carbons (Fsp3) is 0.417. The number of fused-ring (bicyclic) bond motifs is 1. The van der Waals surface area contributed by atoms with Crippen molar-refractivity contribution in [2.75, 3.05) is 31.1 Å². The van der Waals surface area contributed by atoms with E-state index in [9.17, 15) is 14.4 Å². The van der Waals surface area contributed by atoms with Gasteiger partial charge in [-0.25, -0.2) is 4.98 Å². The van der Waals surface area contributed by atoms with E-state index in [1.54, 1.807) is 6.92 Å². The van der Waals surface area contributed by atoms with Crippen molar-refractivity contribution >= 4 is 39.1 Å². The van der Waals surface area contributed by atoms with Gasteiger partial charge in [0.2, 0.25) is 5.91 Å². The van der Waals surface area contributed by atoms with Gasteiger partial charge >= 0.3 is 0 Å². The molecule has 0 saturated carbocycles. The van der Waals surface area contributed by atoms with Crippen molar-refractivity contribution < 1.29 is 9.59 Å². The highest BCUT2D eigenvalue weighted by Crippen LogP contribution is 2.28. The number of aryl methyl sites for hydroxylation is 1. The molecule has 0 unspecified atom stereocenters. The Labute approximate surface area is 196 Å². The van der Waals surface area contributed by atoms with Crippen molar-refractivity contribution in [3.8, 4) is 0 Å². The summed E-state index contributed by atoms with van der Waals surface area (Å²) in [5.41, 5.74) is 1.10. The first kappa shape index (κ1) is 23.0. The number of amides is 2. The van der Waals surface area contributed by atoms with Gasteiger partial charge in [-0.1, -0.05) is 18.2 Å². The summed E-state index contributed by atoms with van der Waals surface area (Å²) in [7, 11) is 0. The SMILES string of the molecule is Cc1c(C(=O)N2CCN(c3ccccc3)CC2)sc2ncn(CC(=O)NC(C)(C)C)c(=O)c12. The molecule has 0 radical (unpaired) electrons. The van der Waals surface area contributed by atoms with Gasteiger partial charge in [-0.15, -0.1) is 11.3 Å². The topological polar surface area (TPSA) is 87.5 Å². The van der Waals surface area contributed by atoms with Crippen LogP contribution in [-0.2, 0) is 11.3 Å². The quantitative estimate of drug-likeness (QED) is 0.637. The summed E-state index contributed by atoms with van der Waals surface area (Å²) in [5.74, 6) is -0.328. The lowest BCUT2D eigenvalue weighted by Gasteiger charge is -2.36. The number of rotatable bonds is 4. The highest BCUT2D eigenvalue weighted by atomic mass is 32.1. The monoisotopic (exact) mass is 467 g/mol. The number of benzene rings is 1. The number of thiophene rings is 1. The zero-order valence-corrected chi connectivity index (χ0v) is 20.2. The predicted molar refractivity (Wildman–Crippen MR) is 131 cm³/mol. The standard InChI is InChI=1S/C24H29N5O3S/c1-16-19-21(25-15-29(22(19)31)14-18(30)26-24(2,3)4)33-20(16)23(32)28-12-10-27(11-13-28)17-8-6-5-7-9-17/h5-9,15H,10-14H2,1-4H3,(H,26,30). The number of anilines is 1. The molecular formula is C24H29N5O3S. The molecule has 8 nitrogen and oxygen atoms in total. The van der Waals surface area contributed by atoms with Crippen molar-refractivity contribution in [2.45, 2.75) is 39.8 Å². The zero-order valence-electron chi connectivity index (χ0n) is 19.4. The minimum Gasteiger partial charge on any atom is -0.368 e. The minimum atomic E-state index is -0.388. The van der Waals surface area contributed by atoms with Gasteiger partial charge < -0.3 is 15.1 Å². The fourth-order valence-electron chi connectivity index (χ4n) is 4.04. The van der Waals surface area contributed by atoms with Crippen LogP contribution in [0.3, 0.4) is 0 Å². The van der Waals surface area contributed by atoms with Crippen LogP contribution in [0.5, 0.6) is 0 Å². The van der Waals surface area contributed by atoms with E-state index in [1.807, 2.05) is 43.9 Å². The average Bonchev–Trinajstić information content (AvgIpc) is 3.12. The zero-order chi connectivity index (χ0) is 23.8. The van der Waals surface area contributed by atoms with E-state index in [-0.39, 0.29) is 29.5 Å². The fourth-order valence-corrected chi connectivity index (χ4v) is 5.15. The maximum atomic E-state index is 13.3. The molecule has 0 bridgehead atoms. The molecule has 2 amide bonds. The molecule has 33 heavy (non-hydrogen) atoms.